The molecule has 0 aromatic heterocycles. The third-order valence-electron chi connectivity index (χ3n) is 12.6. The maximum absolute atomic E-state index is 12.8. The van der Waals surface area contributed by atoms with Gasteiger partial charge < -0.3 is 27.9 Å². The average molecular weight is 991 g/mol. The first-order valence-electron chi connectivity index (χ1n) is 29.0. The maximum atomic E-state index is 12.8. The topological polar surface area (TPSA) is 94.1 Å². The van der Waals surface area contributed by atoms with Crippen LogP contribution in [0.1, 0.15) is 258 Å². The van der Waals surface area contributed by atoms with Crippen molar-refractivity contribution in [2.45, 2.75) is 264 Å². The van der Waals surface area contributed by atoms with E-state index in [1.807, 2.05) is 21.1 Å². The second-order valence-corrected chi connectivity index (χ2v) is 22.0. The molecule has 69 heavy (non-hydrogen) atoms. The molecule has 0 heterocycles. The molecule has 0 aliphatic carbocycles. The number of unbranched alkanes of at least 4 members (excludes halogenated alkanes) is 30. The minimum absolute atomic E-state index is 0.0231. The van der Waals surface area contributed by atoms with E-state index in [1.165, 1.54) is 173 Å². The summed E-state index contributed by atoms with van der Waals surface area (Å²) in [5, 5.41) is 0. The van der Waals surface area contributed by atoms with Crippen LogP contribution in [0.15, 0.2) is 60.8 Å². The zero-order valence-corrected chi connectivity index (χ0v) is 46.9. The van der Waals surface area contributed by atoms with Gasteiger partial charge >= 0.3 is 5.97 Å². The lowest BCUT2D eigenvalue weighted by Gasteiger charge is -2.28. The molecule has 0 saturated heterocycles. The van der Waals surface area contributed by atoms with Crippen LogP contribution in [-0.2, 0) is 27.9 Å². The largest absolute Gasteiger partial charge is 0.756 e. The summed E-state index contributed by atoms with van der Waals surface area (Å²) in [4.78, 5) is 25.3. The number of rotatable bonds is 54. The number of hydrogen-bond acceptors (Lipinski definition) is 7. The first-order valence-corrected chi connectivity index (χ1v) is 30.5. The predicted octanol–water partition coefficient (Wildman–Crippen LogP) is 17.8. The average Bonchev–Trinajstić information content (AvgIpc) is 3.31. The van der Waals surface area contributed by atoms with Gasteiger partial charge in [-0.05, 0) is 77.0 Å². The molecule has 0 bridgehead atoms. The number of ether oxygens (including phenoxy) is 2. The van der Waals surface area contributed by atoms with E-state index in [-0.39, 0.29) is 25.8 Å². The summed E-state index contributed by atoms with van der Waals surface area (Å²) in [5.74, 6) is -0.340. The molecule has 0 N–H and O–H groups in total. The summed E-state index contributed by atoms with van der Waals surface area (Å²) in [5.41, 5.74) is 0. The van der Waals surface area contributed by atoms with E-state index in [0.29, 0.717) is 24.1 Å². The molecule has 0 rings (SSSR count). The molecule has 8 nitrogen and oxygen atoms in total. The smallest absolute Gasteiger partial charge is 0.306 e. The Hall–Kier alpha value is -1.80. The predicted molar refractivity (Wildman–Crippen MR) is 296 cm³/mol. The van der Waals surface area contributed by atoms with Crippen molar-refractivity contribution < 1.29 is 37.3 Å². The molecule has 2 atom stereocenters. The van der Waals surface area contributed by atoms with E-state index < -0.39 is 13.9 Å². The third kappa shape index (κ3) is 57.0. The Morgan fingerprint density at radius 3 is 1.28 bits per heavy atom. The van der Waals surface area contributed by atoms with Gasteiger partial charge in [-0.3, -0.25) is 9.36 Å². The highest BCUT2D eigenvalue weighted by molar-refractivity contribution is 7.45. The normalized spacial score (nSPS) is 13.9. The van der Waals surface area contributed by atoms with Gasteiger partial charge in [-0.2, -0.15) is 0 Å². The Morgan fingerprint density at radius 1 is 0.464 bits per heavy atom. The van der Waals surface area contributed by atoms with Crippen LogP contribution >= 0.6 is 7.82 Å². The third-order valence-corrected chi connectivity index (χ3v) is 13.5. The fourth-order valence-electron chi connectivity index (χ4n) is 8.12. The van der Waals surface area contributed by atoms with Crippen molar-refractivity contribution in [2.24, 2.45) is 0 Å². The molecule has 0 radical (unpaired) electrons. The summed E-state index contributed by atoms with van der Waals surface area (Å²) in [6.07, 6.45) is 68.4. The Balaban J connectivity index is 4.06. The van der Waals surface area contributed by atoms with E-state index in [1.54, 1.807) is 0 Å². The molecule has 0 aliphatic rings. The van der Waals surface area contributed by atoms with Crippen molar-refractivity contribution in [2.75, 3.05) is 54.1 Å². The number of likely N-dealkylation sites (N-methyl/N-ethyl adjacent to an activating group) is 1. The molecule has 2 unspecified atom stereocenters. The number of esters is 1. The number of hydrogen-bond donors (Lipinski definition) is 0. The van der Waals surface area contributed by atoms with Crippen LogP contribution in [0.2, 0.25) is 0 Å². The molecular weight excluding hydrogens is 878 g/mol. The highest BCUT2D eigenvalue weighted by Crippen LogP contribution is 2.38. The lowest BCUT2D eigenvalue weighted by Crippen LogP contribution is -2.37. The van der Waals surface area contributed by atoms with E-state index >= 15 is 0 Å². The molecule has 0 amide bonds. The molecule has 404 valence electrons. The lowest BCUT2D eigenvalue weighted by molar-refractivity contribution is -0.870. The minimum atomic E-state index is -4.54. The van der Waals surface area contributed by atoms with Gasteiger partial charge in [-0.25, -0.2) is 0 Å². The van der Waals surface area contributed by atoms with E-state index in [9.17, 15) is 14.3 Å². The zero-order valence-electron chi connectivity index (χ0n) is 46.0. The number of quaternary nitrogens is 1. The fourth-order valence-corrected chi connectivity index (χ4v) is 8.85. The Morgan fingerprint density at radius 2 is 0.841 bits per heavy atom. The number of allylic oxidation sites excluding steroid dienone is 10. The van der Waals surface area contributed by atoms with E-state index in [0.717, 1.165) is 64.2 Å². The van der Waals surface area contributed by atoms with Gasteiger partial charge in [-0.15, -0.1) is 0 Å². The number of carbonyl (C=O) groups is 1. The Kier molecular flexibility index (Phi) is 51.2. The standard InChI is InChI=1S/C60H112NO7P/c1-6-8-10-12-14-16-18-20-22-24-26-28-29-30-31-32-34-36-38-40-42-44-46-48-50-52-55-65-57-59(58-67-69(63,64)66-56-54-61(3,4)5)68-60(62)53-51-49-47-45-43-41-39-37-35-33-27-25-23-21-19-17-15-13-11-9-7-2/h9,11,15,17,21,23-24,26-27,33,59H,6-8,10,12-14,16,18-20,22,25,28-32,34-58H2,1-5H3/b11-9-,17-15-,23-21-,26-24-,33-27-. The first-order chi connectivity index (χ1) is 33.6. The molecule has 0 aromatic carbocycles. The zero-order chi connectivity index (χ0) is 50.5. The molecule has 0 aliphatic heterocycles. The van der Waals surface area contributed by atoms with Gasteiger partial charge in [0.15, 0.2) is 0 Å². The van der Waals surface area contributed by atoms with Gasteiger partial charge in [0.25, 0.3) is 7.82 Å². The summed E-state index contributed by atoms with van der Waals surface area (Å²) >= 11 is 0. The van der Waals surface area contributed by atoms with Crippen LogP contribution < -0.4 is 4.89 Å². The SMILES string of the molecule is CC/C=C\C/C=C\C/C=C\C/C=C\CCCCCCCCCCC(=O)OC(COCCCCCCCCCCCCCCCC/C=C\CCCCCCCCCC)COP(=O)([O-])OCC[N+](C)(C)C. The van der Waals surface area contributed by atoms with Gasteiger partial charge in [0.1, 0.15) is 19.3 Å². The van der Waals surface area contributed by atoms with Crippen molar-refractivity contribution >= 4 is 13.8 Å². The van der Waals surface area contributed by atoms with Crippen LogP contribution in [0.5, 0.6) is 0 Å². The summed E-state index contributed by atoms with van der Waals surface area (Å²) in [7, 11) is 1.35. The lowest BCUT2D eigenvalue weighted by atomic mass is 10.0. The first kappa shape index (κ1) is 67.2. The van der Waals surface area contributed by atoms with Crippen LogP contribution in [0, 0.1) is 0 Å². The van der Waals surface area contributed by atoms with Crippen molar-refractivity contribution in [3.05, 3.63) is 60.8 Å². The van der Waals surface area contributed by atoms with Gasteiger partial charge in [0.2, 0.25) is 0 Å². The van der Waals surface area contributed by atoms with Crippen LogP contribution in [0.4, 0.5) is 0 Å². The van der Waals surface area contributed by atoms with Gasteiger partial charge in [0, 0.05) is 13.0 Å². The van der Waals surface area contributed by atoms with Gasteiger partial charge in [-0.1, -0.05) is 235 Å². The monoisotopic (exact) mass is 990 g/mol. The highest BCUT2D eigenvalue weighted by atomic mass is 31.2. The van der Waals surface area contributed by atoms with Crippen molar-refractivity contribution in [3.8, 4) is 0 Å². The van der Waals surface area contributed by atoms with Crippen molar-refractivity contribution in [1.82, 2.24) is 0 Å². The van der Waals surface area contributed by atoms with Crippen LogP contribution in [0.3, 0.4) is 0 Å². The molecule has 0 aromatic rings. The molecule has 9 heteroatoms. The number of phosphoric ester groups is 1. The van der Waals surface area contributed by atoms with Crippen LogP contribution in [0.25, 0.3) is 0 Å². The maximum Gasteiger partial charge on any atom is 0.306 e. The summed E-state index contributed by atoms with van der Waals surface area (Å²) in [6.45, 7) is 5.32. The highest BCUT2D eigenvalue weighted by Gasteiger charge is 2.20. The summed E-state index contributed by atoms with van der Waals surface area (Å²) < 4.78 is 34.9. The van der Waals surface area contributed by atoms with E-state index in [2.05, 4.69) is 74.6 Å². The Labute approximate surface area is 428 Å². The van der Waals surface area contributed by atoms with Crippen LogP contribution in [-0.4, -0.2) is 70.7 Å². The van der Waals surface area contributed by atoms with E-state index in [4.69, 9.17) is 18.5 Å². The molecular formula is C60H112NO7P. The molecule has 0 saturated carbocycles. The molecule has 0 spiro atoms. The quantitative estimate of drug-likeness (QED) is 0.0197. The number of nitrogens with zero attached hydrogens (tertiary/aromatic N) is 1. The minimum Gasteiger partial charge on any atom is -0.756 e. The summed E-state index contributed by atoms with van der Waals surface area (Å²) in [6, 6.07) is 0. The van der Waals surface area contributed by atoms with Crippen molar-refractivity contribution in [1.29, 1.82) is 0 Å². The number of phosphoric acid groups is 1. The van der Waals surface area contributed by atoms with Gasteiger partial charge in [0.05, 0.1) is 34.4 Å². The van der Waals surface area contributed by atoms with Crippen molar-refractivity contribution in [3.63, 3.8) is 0 Å². The molecule has 0 fully saturated rings. The second-order valence-electron chi connectivity index (χ2n) is 20.6. The Bertz CT molecular complexity index is 1290. The second kappa shape index (κ2) is 52.5. The fraction of sp³-hybridized carbons (Fsp3) is 0.817. The number of carbonyl (C=O) groups excluding carboxylic acids is 1.